The maximum absolute atomic E-state index is 11.8. The molecule has 0 amide bonds. The van der Waals surface area contributed by atoms with E-state index in [4.69, 9.17) is 5.73 Å². The summed E-state index contributed by atoms with van der Waals surface area (Å²) in [6.07, 6.45) is -0.589. The van der Waals surface area contributed by atoms with E-state index in [1.54, 1.807) is 0 Å². The molecule has 10 heteroatoms. The molecule has 0 aromatic heterocycles. The molecule has 0 bridgehead atoms. The molecule has 0 rings (SSSR count). The lowest BCUT2D eigenvalue weighted by molar-refractivity contribution is 0.101. The van der Waals surface area contributed by atoms with Gasteiger partial charge in [0, 0.05) is 6.42 Å². The highest BCUT2D eigenvalue weighted by Gasteiger charge is 2.61. The van der Waals surface area contributed by atoms with E-state index < -0.39 is 26.7 Å². The largest absolute Gasteiger partial charge is 0.372 e. The molecule has 0 aliphatic carbocycles. The van der Waals surface area contributed by atoms with Gasteiger partial charge in [0.2, 0.25) is 0 Å². The summed E-state index contributed by atoms with van der Waals surface area (Å²) in [6.45, 7) is 2.15. The van der Waals surface area contributed by atoms with Gasteiger partial charge >= 0.3 is 15.2 Å². The third kappa shape index (κ3) is 3.59. The van der Waals surface area contributed by atoms with Gasteiger partial charge in [-0.3, -0.25) is 9.13 Å². The van der Waals surface area contributed by atoms with E-state index in [1.165, 1.54) is 13.8 Å². The second kappa shape index (κ2) is 6.41. The van der Waals surface area contributed by atoms with Gasteiger partial charge in [-0.05, 0) is 20.4 Å². The molecule has 0 aromatic rings. The van der Waals surface area contributed by atoms with Crippen LogP contribution in [0.4, 0.5) is 0 Å². The molecule has 5 N–H and O–H groups in total. The summed E-state index contributed by atoms with van der Waals surface area (Å²) >= 11 is 0. The van der Waals surface area contributed by atoms with Crippen LogP contribution in [0.15, 0.2) is 0 Å². The van der Waals surface area contributed by atoms with Crippen LogP contribution in [0.3, 0.4) is 0 Å². The zero-order valence-corrected chi connectivity index (χ0v) is 11.6. The van der Waals surface area contributed by atoms with Gasteiger partial charge in [0.1, 0.15) is 0 Å². The van der Waals surface area contributed by atoms with E-state index >= 15 is 0 Å². The second-order valence-electron chi connectivity index (χ2n) is 3.19. The zero-order chi connectivity index (χ0) is 13.7. The maximum Gasteiger partial charge on any atom is 0.372 e. The van der Waals surface area contributed by atoms with Crippen LogP contribution in [0.5, 0.6) is 0 Å². The summed E-state index contributed by atoms with van der Waals surface area (Å²) in [7, 11) is -9.49. The highest BCUT2D eigenvalue weighted by Crippen LogP contribution is 2.73. The smallest absolute Gasteiger partial charge is 0.367 e. The summed E-state index contributed by atoms with van der Waals surface area (Å²) in [5.74, 6) is 0. The highest BCUT2D eigenvalue weighted by molar-refractivity contribution is 7.72. The fourth-order valence-electron chi connectivity index (χ4n) is 1.19. The van der Waals surface area contributed by atoms with Crippen molar-refractivity contribution in [2.24, 2.45) is 5.73 Å². The minimum Gasteiger partial charge on any atom is -0.367 e. The van der Waals surface area contributed by atoms with Crippen LogP contribution >= 0.6 is 15.2 Å². The van der Waals surface area contributed by atoms with Gasteiger partial charge in [0.15, 0.2) is 0 Å². The molecule has 0 aliphatic heterocycles. The number of rotatable bonds is 8. The average Bonchev–Trinajstić information content (AvgIpc) is 2.17. The molecule has 8 nitrogen and oxygen atoms in total. The van der Waals surface area contributed by atoms with Crippen LogP contribution in [0.25, 0.3) is 0 Å². The van der Waals surface area contributed by atoms with E-state index in [0.717, 1.165) is 0 Å². The Morgan fingerprint density at radius 3 is 1.71 bits per heavy atom. The van der Waals surface area contributed by atoms with Crippen LogP contribution in [-0.4, -0.2) is 39.7 Å². The molecule has 0 aromatic carbocycles. The highest BCUT2D eigenvalue weighted by atomic mass is 31.2. The Morgan fingerprint density at radius 1 is 1.12 bits per heavy atom. The van der Waals surface area contributed by atoms with Crippen molar-refractivity contribution in [3.05, 3.63) is 0 Å². The average molecular weight is 291 g/mol. The first kappa shape index (κ1) is 17.2. The summed E-state index contributed by atoms with van der Waals surface area (Å²) < 4.78 is 32.5. The Hall–Kier alpha value is 0.220. The van der Waals surface area contributed by atoms with Crippen LogP contribution in [0.1, 0.15) is 20.3 Å². The van der Waals surface area contributed by atoms with E-state index in [2.05, 4.69) is 9.05 Å². The minimum absolute atomic E-state index is 0.202. The molecule has 0 radical (unpaired) electrons. The number of hydrogen-bond acceptors (Lipinski definition) is 6. The summed E-state index contributed by atoms with van der Waals surface area (Å²) in [6, 6.07) is 0. The minimum atomic E-state index is -4.74. The first-order valence-corrected chi connectivity index (χ1v) is 8.21. The van der Waals surface area contributed by atoms with Gasteiger partial charge in [-0.25, -0.2) is 0 Å². The number of hydrogen-bond donors (Lipinski definition) is 4. The molecule has 0 aliphatic rings. The van der Waals surface area contributed by atoms with Crippen LogP contribution in [0, 0.1) is 0 Å². The SMILES string of the molecule is CCOP(=O)(O)C(O)(CCN)P(=O)(O)OCC. The Kier molecular flexibility index (Phi) is 6.49. The molecule has 2 unspecified atom stereocenters. The van der Waals surface area contributed by atoms with Crippen LogP contribution in [-0.2, 0) is 18.2 Å². The van der Waals surface area contributed by atoms with Gasteiger partial charge in [-0.2, -0.15) is 0 Å². The molecule has 0 spiro atoms. The molecule has 2 atom stereocenters. The molecule has 17 heavy (non-hydrogen) atoms. The van der Waals surface area contributed by atoms with E-state index in [9.17, 15) is 24.0 Å². The Labute approximate surface area is 99.8 Å². The number of nitrogens with two attached hydrogens (primary N) is 1. The first-order chi connectivity index (χ1) is 7.68. The van der Waals surface area contributed by atoms with Crippen LogP contribution in [0.2, 0.25) is 0 Å². The maximum atomic E-state index is 11.8. The van der Waals surface area contributed by atoms with Crippen molar-refractivity contribution in [2.75, 3.05) is 19.8 Å². The fraction of sp³-hybridized carbons (Fsp3) is 1.00. The quantitative estimate of drug-likeness (QED) is 0.472. The summed E-state index contributed by atoms with van der Waals surface area (Å²) in [5.41, 5.74) is 5.16. The predicted octanol–water partition coefficient (Wildman–Crippen LogP) is 0.425. The third-order valence-corrected chi connectivity index (χ3v) is 6.98. The second-order valence-corrected chi connectivity index (χ2v) is 7.62. The summed E-state index contributed by atoms with van der Waals surface area (Å²) in [4.78, 5) is 19.1. The molecule has 0 saturated carbocycles. The van der Waals surface area contributed by atoms with Crippen molar-refractivity contribution < 1.29 is 33.1 Å². The van der Waals surface area contributed by atoms with Gasteiger partial charge in [-0.1, -0.05) is 0 Å². The Morgan fingerprint density at radius 2 is 1.47 bits per heavy atom. The normalized spacial score (nSPS) is 22.5. The van der Waals surface area contributed by atoms with Gasteiger partial charge in [0.05, 0.1) is 13.2 Å². The van der Waals surface area contributed by atoms with Crippen molar-refractivity contribution in [1.82, 2.24) is 0 Å². The number of aliphatic hydroxyl groups is 1. The summed E-state index contributed by atoms with van der Waals surface area (Å²) in [5, 5.41) is 7.07. The standard InChI is InChI=1S/C7H19NO7P2/c1-3-14-16(10,11)7(9,5-6-8)17(12,13)15-4-2/h9H,3-6,8H2,1-2H3,(H,10,11)(H,12,13). The van der Waals surface area contributed by atoms with Gasteiger partial charge in [-0.15, -0.1) is 0 Å². The van der Waals surface area contributed by atoms with E-state index in [0.29, 0.717) is 0 Å². The topological polar surface area (TPSA) is 139 Å². The lowest BCUT2D eigenvalue weighted by Gasteiger charge is -2.33. The molecule has 0 heterocycles. The van der Waals surface area contributed by atoms with Gasteiger partial charge < -0.3 is 29.7 Å². The molecular weight excluding hydrogens is 272 g/mol. The van der Waals surface area contributed by atoms with Crippen molar-refractivity contribution in [2.45, 2.75) is 25.4 Å². The fourth-order valence-corrected chi connectivity index (χ4v) is 4.75. The molecule has 0 saturated heterocycles. The monoisotopic (exact) mass is 291 g/mol. The molecule has 0 fully saturated rings. The zero-order valence-electron chi connectivity index (χ0n) is 9.77. The van der Waals surface area contributed by atoms with E-state index in [-0.39, 0.29) is 19.8 Å². The van der Waals surface area contributed by atoms with E-state index in [1.807, 2.05) is 0 Å². The third-order valence-electron chi connectivity index (χ3n) is 1.99. The van der Waals surface area contributed by atoms with Crippen molar-refractivity contribution in [3.63, 3.8) is 0 Å². The van der Waals surface area contributed by atoms with Crippen LogP contribution < -0.4 is 5.73 Å². The van der Waals surface area contributed by atoms with Crippen molar-refractivity contribution >= 4 is 15.2 Å². The predicted molar refractivity (Wildman–Crippen MR) is 61.5 cm³/mol. The lowest BCUT2D eigenvalue weighted by Crippen LogP contribution is -2.33. The van der Waals surface area contributed by atoms with Crippen molar-refractivity contribution in [3.8, 4) is 0 Å². The molecular formula is C7H19NO7P2. The Bertz CT molecular complexity index is 308. The lowest BCUT2D eigenvalue weighted by atomic mass is 10.5. The Balaban J connectivity index is 5.44. The van der Waals surface area contributed by atoms with Crippen molar-refractivity contribution in [1.29, 1.82) is 0 Å². The van der Waals surface area contributed by atoms with Gasteiger partial charge in [0.25, 0.3) is 5.08 Å². The first-order valence-electron chi connectivity index (χ1n) is 5.05. The molecule has 104 valence electrons.